The molecule has 1 rings (SSSR count). The molecule has 0 saturated carbocycles. The van der Waals surface area contributed by atoms with Gasteiger partial charge in [0, 0.05) is 6.04 Å². The Balaban J connectivity index is 2.51. The van der Waals surface area contributed by atoms with Crippen LogP contribution < -0.4 is 5.73 Å². The molecule has 0 bridgehead atoms. The fraction of sp³-hybridized carbons (Fsp3) is 0.429. The van der Waals surface area contributed by atoms with Crippen molar-refractivity contribution in [1.29, 1.82) is 0 Å². The van der Waals surface area contributed by atoms with E-state index in [9.17, 15) is 13.2 Å². The lowest BCUT2D eigenvalue weighted by atomic mass is 10.0. The third kappa shape index (κ3) is 4.18. The normalized spacial score (nSPS) is 12.4. The molecule has 18 heavy (non-hydrogen) atoms. The van der Waals surface area contributed by atoms with Crippen LogP contribution in [-0.4, -0.2) is 0 Å². The van der Waals surface area contributed by atoms with Crippen molar-refractivity contribution in [1.82, 2.24) is 0 Å². The van der Waals surface area contributed by atoms with Gasteiger partial charge in [0.25, 0.3) is 0 Å². The van der Waals surface area contributed by atoms with E-state index in [1.165, 1.54) is 0 Å². The van der Waals surface area contributed by atoms with Gasteiger partial charge in [-0.05, 0) is 37.0 Å². The highest BCUT2D eigenvalue weighted by Crippen LogP contribution is 2.21. The highest BCUT2D eigenvalue weighted by Gasteiger charge is 2.14. The van der Waals surface area contributed by atoms with E-state index in [-0.39, 0.29) is 0 Å². The van der Waals surface area contributed by atoms with Crippen LogP contribution in [0.3, 0.4) is 0 Å². The van der Waals surface area contributed by atoms with E-state index in [4.69, 9.17) is 5.73 Å². The second-order valence-electron chi connectivity index (χ2n) is 4.33. The minimum Gasteiger partial charge on any atom is -0.324 e. The number of rotatable bonds is 7. The molecular weight excluding hydrogens is 239 g/mol. The number of hydrogen-bond donors (Lipinski definition) is 1. The third-order valence-electron chi connectivity index (χ3n) is 2.86. The first-order chi connectivity index (χ1) is 8.56. The first-order valence-corrected chi connectivity index (χ1v) is 6.07. The molecule has 0 saturated heterocycles. The van der Waals surface area contributed by atoms with Crippen LogP contribution in [-0.2, 0) is 0 Å². The minimum atomic E-state index is -1.45. The Hall–Kier alpha value is -1.29. The van der Waals surface area contributed by atoms with Gasteiger partial charge in [0.1, 0.15) is 0 Å². The summed E-state index contributed by atoms with van der Waals surface area (Å²) in [6.07, 6.45) is 6.32. The van der Waals surface area contributed by atoms with Crippen molar-refractivity contribution in [3.8, 4) is 0 Å². The standard InChI is InChI=1S/C14H18F3N/c1-2-3-4-5-6-7-13(18)10-8-11(15)14(17)12(16)9-10/h2,8-9,13H,1,3-7,18H2. The Morgan fingerprint density at radius 2 is 1.72 bits per heavy atom. The topological polar surface area (TPSA) is 26.0 Å². The number of unbranched alkanes of at least 4 members (excludes halogenated alkanes) is 3. The van der Waals surface area contributed by atoms with Crippen LogP contribution >= 0.6 is 0 Å². The lowest BCUT2D eigenvalue weighted by Gasteiger charge is -2.12. The molecule has 0 fully saturated rings. The SMILES string of the molecule is C=CCCCCCC(N)c1cc(F)c(F)c(F)c1. The summed E-state index contributed by atoms with van der Waals surface area (Å²) in [5, 5.41) is 0. The van der Waals surface area contributed by atoms with Crippen LogP contribution in [0.4, 0.5) is 13.2 Å². The lowest BCUT2D eigenvalue weighted by Crippen LogP contribution is -2.11. The molecule has 0 aliphatic heterocycles. The first-order valence-electron chi connectivity index (χ1n) is 6.07. The van der Waals surface area contributed by atoms with Gasteiger partial charge in [-0.1, -0.05) is 18.9 Å². The Morgan fingerprint density at radius 1 is 1.11 bits per heavy atom. The maximum atomic E-state index is 13.0. The second-order valence-corrected chi connectivity index (χ2v) is 4.33. The zero-order valence-electron chi connectivity index (χ0n) is 10.3. The highest BCUT2D eigenvalue weighted by molar-refractivity contribution is 5.22. The van der Waals surface area contributed by atoms with E-state index in [2.05, 4.69) is 6.58 Å². The molecule has 1 aromatic rings. The fourth-order valence-electron chi connectivity index (χ4n) is 1.79. The van der Waals surface area contributed by atoms with Crippen molar-refractivity contribution < 1.29 is 13.2 Å². The zero-order valence-corrected chi connectivity index (χ0v) is 10.3. The van der Waals surface area contributed by atoms with Crippen molar-refractivity contribution in [2.45, 2.75) is 38.1 Å². The maximum Gasteiger partial charge on any atom is 0.194 e. The summed E-state index contributed by atoms with van der Waals surface area (Å²) < 4.78 is 38.8. The van der Waals surface area contributed by atoms with Crippen molar-refractivity contribution in [2.75, 3.05) is 0 Å². The van der Waals surface area contributed by atoms with Crippen LogP contribution in [0.25, 0.3) is 0 Å². The largest absolute Gasteiger partial charge is 0.324 e. The smallest absolute Gasteiger partial charge is 0.194 e. The van der Waals surface area contributed by atoms with Gasteiger partial charge >= 0.3 is 0 Å². The number of nitrogens with two attached hydrogens (primary N) is 1. The summed E-state index contributed by atoms with van der Waals surface area (Å²) in [6.45, 7) is 3.63. The number of allylic oxidation sites excluding steroid dienone is 1. The van der Waals surface area contributed by atoms with Gasteiger partial charge < -0.3 is 5.73 Å². The van der Waals surface area contributed by atoms with Gasteiger partial charge in [0.15, 0.2) is 17.5 Å². The minimum absolute atomic E-state index is 0.301. The van der Waals surface area contributed by atoms with Crippen LogP contribution in [0, 0.1) is 17.5 Å². The van der Waals surface area contributed by atoms with Gasteiger partial charge in [0.2, 0.25) is 0 Å². The summed E-state index contributed by atoms with van der Waals surface area (Å²) in [5.74, 6) is -3.82. The van der Waals surface area contributed by atoms with E-state index >= 15 is 0 Å². The zero-order chi connectivity index (χ0) is 13.5. The van der Waals surface area contributed by atoms with Crippen LogP contribution in [0.15, 0.2) is 24.8 Å². The summed E-state index contributed by atoms with van der Waals surface area (Å²) in [5.41, 5.74) is 6.12. The predicted octanol–water partition coefficient (Wildman–Crippen LogP) is 4.24. The lowest BCUT2D eigenvalue weighted by molar-refractivity contribution is 0.442. The third-order valence-corrected chi connectivity index (χ3v) is 2.86. The van der Waals surface area contributed by atoms with Crippen molar-refractivity contribution >= 4 is 0 Å². The van der Waals surface area contributed by atoms with E-state index in [0.717, 1.165) is 37.8 Å². The second kappa shape index (κ2) is 7.21. The monoisotopic (exact) mass is 257 g/mol. The molecule has 1 unspecified atom stereocenters. The Kier molecular flexibility index (Phi) is 5.92. The average Bonchev–Trinajstić information content (AvgIpc) is 2.34. The molecule has 4 heteroatoms. The molecule has 0 spiro atoms. The molecular formula is C14H18F3N. The molecule has 1 aromatic carbocycles. The Morgan fingerprint density at radius 3 is 2.28 bits per heavy atom. The van der Waals surface area contributed by atoms with Crippen LogP contribution in [0.2, 0.25) is 0 Å². The summed E-state index contributed by atoms with van der Waals surface area (Å²) >= 11 is 0. The maximum absolute atomic E-state index is 13.0. The van der Waals surface area contributed by atoms with Crippen LogP contribution in [0.5, 0.6) is 0 Å². The van der Waals surface area contributed by atoms with Gasteiger partial charge in [-0.3, -0.25) is 0 Å². The van der Waals surface area contributed by atoms with Gasteiger partial charge in [-0.2, -0.15) is 0 Å². The van der Waals surface area contributed by atoms with Gasteiger partial charge in [-0.25, -0.2) is 13.2 Å². The van der Waals surface area contributed by atoms with Gasteiger partial charge in [0.05, 0.1) is 0 Å². The molecule has 0 aliphatic rings. The molecule has 0 aliphatic carbocycles. The van der Waals surface area contributed by atoms with E-state index in [1.807, 2.05) is 6.08 Å². The Labute approximate surface area is 105 Å². The van der Waals surface area contributed by atoms with Crippen molar-refractivity contribution in [3.05, 3.63) is 47.8 Å². The number of halogens is 3. The summed E-state index contributed by atoms with van der Waals surface area (Å²) in [6, 6.07) is 1.47. The molecule has 1 atom stereocenters. The molecule has 0 amide bonds. The molecule has 0 radical (unpaired) electrons. The molecule has 0 heterocycles. The Bertz CT molecular complexity index is 381. The fourth-order valence-corrected chi connectivity index (χ4v) is 1.79. The van der Waals surface area contributed by atoms with E-state index in [1.54, 1.807) is 0 Å². The van der Waals surface area contributed by atoms with E-state index in [0.29, 0.717) is 12.0 Å². The predicted molar refractivity (Wildman–Crippen MR) is 66.5 cm³/mol. The molecule has 1 nitrogen and oxygen atoms in total. The average molecular weight is 257 g/mol. The summed E-state index contributed by atoms with van der Waals surface area (Å²) in [7, 11) is 0. The molecule has 2 N–H and O–H groups in total. The molecule has 100 valence electrons. The van der Waals surface area contributed by atoms with Crippen molar-refractivity contribution in [3.63, 3.8) is 0 Å². The first kappa shape index (κ1) is 14.8. The van der Waals surface area contributed by atoms with Gasteiger partial charge in [-0.15, -0.1) is 6.58 Å². The van der Waals surface area contributed by atoms with E-state index < -0.39 is 23.5 Å². The quantitative estimate of drug-likeness (QED) is 0.441. The van der Waals surface area contributed by atoms with Crippen LogP contribution in [0.1, 0.15) is 43.7 Å². The highest BCUT2D eigenvalue weighted by atomic mass is 19.2. The number of hydrogen-bond acceptors (Lipinski definition) is 1. The van der Waals surface area contributed by atoms with Crippen molar-refractivity contribution in [2.24, 2.45) is 5.73 Å². The summed E-state index contributed by atoms with van der Waals surface area (Å²) in [4.78, 5) is 0. The number of benzene rings is 1. The molecule has 0 aromatic heterocycles.